The summed E-state index contributed by atoms with van der Waals surface area (Å²) in [5.41, 5.74) is 3.52. The maximum atomic E-state index is 12.5. The molecule has 0 aliphatic rings. The van der Waals surface area contributed by atoms with Gasteiger partial charge < -0.3 is 10.2 Å². The highest BCUT2D eigenvalue weighted by Gasteiger charge is 2.15. The SMILES string of the molecule is Cc1ccc(C(CNC(=O)Cc2cccc3ccccc23)N(C)C)cc1. The third kappa shape index (κ3) is 4.30. The molecule has 0 aromatic heterocycles. The van der Waals surface area contributed by atoms with E-state index in [2.05, 4.69) is 59.6 Å². The Hall–Kier alpha value is -2.65. The monoisotopic (exact) mass is 346 g/mol. The molecular weight excluding hydrogens is 320 g/mol. The summed E-state index contributed by atoms with van der Waals surface area (Å²) >= 11 is 0. The fourth-order valence-corrected chi connectivity index (χ4v) is 3.28. The van der Waals surface area contributed by atoms with Crippen molar-refractivity contribution in [1.82, 2.24) is 10.2 Å². The molecule has 26 heavy (non-hydrogen) atoms. The summed E-state index contributed by atoms with van der Waals surface area (Å²) in [6.07, 6.45) is 0.398. The van der Waals surface area contributed by atoms with Crippen molar-refractivity contribution < 1.29 is 4.79 Å². The van der Waals surface area contributed by atoms with Crippen molar-refractivity contribution in [3.63, 3.8) is 0 Å². The second-order valence-corrected chi connectivity index (χ2v) is 7.01. The van der Waals surface area contributed by atoms with E-state index in [9.17, 15) is 4.79 Å². The maximum Gasteiger partial charge on any atom is 0.224 e. The molecule has 0 spiro atoms. The van der Waals surface area contributed by atoms with Crippen molar-refractivity contribution in [1.29, 1.82) is 0 Å². The minimum absolute atomic E-state index is 0.0558. The van der Waals surface area contributed by atoms with E-state index in [-0.39, 0.29) is 11.9 Å². The van der Waals surface area contributed by atoms with E-state index >= 15 is 0 Å². The third-order valence-corrected chi connectivity index (χ3v) is 4.81. The average molecular weight is 346 g/mol. The summed E-state index contributed by atoms with van der Waals surface area (Å²) in [5, 5.41) is 5.43. The highest BCUT2D eigenvalue weighted by molar-refractivity contribution is 5.90. The highest BCUT2D eigenvalue weighted by Crippen LogP contribution is 2.20. The molecular formula is C23H26N2O. The minimum Gasteiger partial charge on any atom is -0.354 e. The predicted molar refractivity (Wildman–Crippen MR) is 108 cm³/mol. The summed E-state index contributed by atoms with van der Waals surface area (Å²) in [7, 11) is 4.09. The number of amides is 1. The molecule has 3 nitrogen and oxygen atoms in total. The first-order valence-corrected chi connectivity index (χ1v) is 9.01. The van der Waals surface area contributed by atoms with Crippen molar-refractivity contribution in [2.75, 3.05) is 20.6 Å². The Morgan fingerprint density at radius 1 is 0.962 bits per heavy atom. The second kappa shape index (κ2) is 8.15. The molecule has 1 amide bonds. The van der Waals surface area contributed by atoms with Crippen LogP contribution in [-0.2, 0) is 11.2 Å². The molecule has 134 valence electrons. The lowest BCUT2D eigenvalue weighted by molar-refractivity contribution is -0.120. The molecule has 0 fully saturated rings. The van der Waals surface area contributed by atoms with Gasteiger partial charge in [-0.1, -0.05) is 72.3 Å². The van der Waals surface area contributed by atoms with E-state index < -0.39 is 0 Å². The van der Waals surface area contributed by atoms with Gasteiger partial charge in [0.25, 0.3) is 0 Å². The van der Waals surface area contributed by atoms with Gasteiger partial charge in [0.15, 0.2) is 0 Å². The highest BCUT2D eigenvalue weighted by atomic mass is 16.1. The van der Waals surface area contributed by atoms with Gasteiger partial charge in [-0.15, -0.1) is 0 Å². The zero-order chi connectivity index (χ0) is 18.5. The number of nitrogens with one attached hydrogen (secondary N) is 1. The molecule has 3 aromatic rings. The molecule has 0 saturated carbocycles. The molecule has 0 saturated heterocycles. The first-order valence-electron chi connectivity index (χ1n) is 9.01. The van der Waals surface area contributed by atoms with Crippen LogP contribution in [0.1, 0.15) is 22.7 Å². The Kier molecular flexibility index (Phi) is 5.69. The lowest BCUT2D eigenvalue weighted by Gasteiger charge is -2.25. The van der Waals surface area contributed by atoms with E-state index in [1.54, 1.807) is 0 Å². The second-order valence-electron chi connectivity index (χ2n) is 7.01. The van der Waals surface area contributed by atoms with Gasteiger partial charge in [0.05, 0.1) is 12.5 Å². The number of aryl methyl sites for hydroxylation is 1. The molecule has 0 aliphatic heterocycles. The molecule has 1 N–H and O–H groups in total. The third-order valence-electron chi connectivity index (χ3n) is 4.81. The van der Waals surface area contributed by atoms with E-state index in [1.165, 1.54) is 16.5 Å². The van der Waals surface area contributed by atoms with Crippen molar-refractivity contribution >= 4 is 16.7 Å². The fraction of sp³-hybridized carbons (Fsp3) is 0.261. The Morgan fingerprint density at radius 3 is 2.38 bits per heavy atom. The van der Waals surface area contributed by atoms with Gasteiger partial charge in [-0.25, -0.2) is 0 Å². The van der Waals surface area contributed by atoms with Crippen LogP contribution < -0.4 is 5.32 Å². The van der Waals surface area contributed by atoms with Gasteiger partial charge in [0.1, 0.15) is 0 Å². The molecule has 0 aliphatic carbocycles. The van der Waals surface area contributed by atoms with Crippen LogP contribution in [0.5, 0.6) is 0 Å². The van der Waals surface area contributed by atoms with Gasteiger partial charge in [-0.3, -0.25) is 4.79 Å². The minimum atomic E-state index is 0.0558. The summed E-state index contributed by atoms with van der Waals surface area (Å²) in [5.74, 6) is 0.0558. The standard InChI is InChI=1S/C23H26N2O/c1-17-11-13-19(14-12-17)22(25(2)3)16-24-23(26)15-20-9-6-8-18-7-4-5-10-21(18)20/h4-14,22H,15-16H2,1-3H3,(H,24,26). The van der Waals surface area contributed by atoms with Crippen molar-refractivity contribution in [2.45, 2.75) is 19.4 Å². The lowest BCUT2D eigenvalue weighted by Crippen LogP contribution is -2.35. The number of nitrogens with zero attached hydrogens (tertiary/aromatic N) is 1. The normalized spacial score (nSPS) is 12.3. The number of hydrogen-bond donors (Lipinski definition) is 1. The zero-order valence-corrected chi connectivity index (χ0v) is 15.7. The van der Waals surface area contributed by atoms with E-state index in [0.29, 0.717) is 13.0 Å². The molecule has 0 radical (unpaired) electrons. The molecule has 3 heteroatoms. The van der Waals surface area contributed by atoms with Crippen LogP contribution in [-0.4, -0.2) is 31.4 Å². The van der Waals surface area contributed by atoms with Crippen LogP contribution in [0, 0.1) is 6.92 Å². The van der Waals surface area contributed by atoms with Crippen LogP contribution in [0.4, 0.5) is 0 Å². The summed E-state index contributed by atoms with van der Waals surface area (Å²) < 4.78 is 0. The van der Waals surface area contributed by atoms with Gasteiger partial charge in [-0.05, 0) is 42.9 Å². The van der Waals surface area contributed by atoms with Crippen LogP contribution in [0.2, 0.25) is 0 Å². The first-order chi connectivity index (χ1) is 12.5. The predicted octanol–water partition coefficient (Wildman–Crippen LogP) is 4.11. The number of carbonyl (C=O) groups excluding carboxylic acids is 1. The van der Waals surface area contributed by atoms with Crippen LogP contribution in [0.25, 0.3) is 10.8 Å². The van der Waals surface area contributed by atoms with E-state index in [0.717, 1.165) is 10.9 Å². The summed E-state index contributed by atoms with van der Waals surface area (Å²) in [6, 6.07) is 23.0. The topological polar surface area (TPSA) is 32.3 Å². The number of hydrogen-bond acceptors (Lipinski definition) is 2. The summed E-state index contributed by atoms with van der Waals surface area (Å²) in [6.45, 7) is 2.68. The van der Waals surface area contributed by atoms with Crippen molar-refractivity contribution in [3.05, 3.63) is 83.4 Å². The number of carbonyl (C=O) groups is 1. The molecule has 1 unspecified atom stereocenters. The maximum absolute atomic E-state index is 12.5. The Balaban J connectivity index is 1.68. The van der Waals surface area contributed by atoms with Gasteiger partial charge in [-0.2, -0.15) is 0 Å². The quantitative estimate of drug-likeness (QED) is 0.728. The number of benzene rings is 3. The van der Waals surface area contributed by atoms with Crippen LogP contribution >= 0.6 is 0 Å². The molecule has 0 heterocycles. The Labute approximate surface area is 155 Å². The van der Waals surface area contributed by atoms with E-state index in [4.69, 9.17) is 0 Å². The zero-order valence-electron chi connectivity index (χ0n) is 15.7. The molecule has 1 atom stereocenters. The average Bonchev–Trinajstić information content (AvgIpc) is 2.63. The molecule has 0 bridgehead atoms. The molecule has 3 rings (SSSR count). The van der Waals surface area contributed by atoms with Crippen molar-refractivity contribution in [2.24, 2.45) is 0 Å². The smallest absolute Gasteiger partial charge is 0.224 e. The Morgan fingerprint density at radius 2 is 1.65 bits per heavy atom. The van der Waals surface area contributed by atoms with Crippen LogP contribution in [0.15, 0.2) is 66.7 Å². The largest absolute Gasteiger partial charge is 0.354 e. The van der Waals surface area contributed by atoms with Crippen LogP contribution in [0.3, 0.4) is 0 Å². The van der Waals surface area contributed by atoms with Gasteiger partial charge >= 0.3 is 0 Å². The van der Waals surface area contributed by atoms with Gasteiger partial charge in [0, 0.05) is 6.54 Å². The van der Waals surface area contributed by atoms with Gasteiger partial charge in [0.2, 0.25) is 5.91 Å². The van der Waals surface area contributed by atoms with Crippen molar-refractivity contribution in [3.8, 4) is 0 Å². The number of fused-ring (bicyclic) bond motifs is 1. The lowest BCUT2D eigenvalue weighted by atomic mass is 10.0. The number of rotatable bonds is 6. The number of likely N-dealkylation sites (N-methyl/N-ethyl adjacent to an activating group) is 1. The summed E-state index contributed by atoms with van der Waals surface area (Å²) in [4.78, 5) is 14.7. The fourth-order valence-electron chi connectivity index (χ4n) is 3.28. The Bertz CT molecular complexity index is 879. The first kappa shape index (κ1) is 18.2. The molecule has 3 aromatic carbocycles. The van der Waals surface area contributed by atoms with E-state index in [1.807, 2.05) is 38.4 Å².